The van der Waals surface area contributed by atoms with Gasteiger partial charge in [-0.15, -0.1) is 23.7 Å². The first kappa shape index (κ1) is 22.6. The Kier molecular flexibility index (Phi) is 15.5. The van der Waals surface area contributed by atoms with Crippen LogP contribution in [0, 0.1) is 23.7 Å². The van der Waals surface area contributed by atoms with Gasteiger partial charge in [-0.05, 0) is 12.8 Å². The lowest BCUT2D eigenvalue weighted by atomic mass is 10.2. The fourth-order valence-electron chi connectivity index (χ4n) is 1.47. The van der Waals surface area contributed by atoms with Gasteiger partial charge in [0, 0.05) is 38.5 Å². The molecule has 0 N–H and O–H groups in total. The van der Waals surface area contributed by atoms with Crippen molar-refractivity contribution >= 4 is 19.8 Å². The van der Waals surface area contributed by atoms with Crippen LogP contribution < -0.4 is 0 Å². The summed E-state index contributed by atoms with van der Waals surface area (Å²) in [7, 11) is -2.82. The van der Waals surface area contributed by atoms with E-state index in [9.17, 15) is 14.2 Å². The normalized spacial score (nSPS) is 9.79. The monoisotopic (exact) mass is 354 g/mol. The maximum atomic E-state index is 11.5. The highest BCUT2D eigenvalue weighted by atomic mass is 31.1. The predicted octanol–water partition coefficient (Wildman–Crippen LogP) is 3.71. The zero-order valence-corrected chi connectivity index (χ0v) is 15.6. The van der Waals surface area contributed by atoms with E-state index in [2.05, 4.69) is 23.7 Å². The highest BCUT2D eigenvalue weighted by Gasteiger charge is 2.08. The number of unbranched alkanes of at least 4 members (excludes halogenated alkanes) is 2. The predicted molar refractivity (Wildman–Crippen MR) is 94.8 cm³/mol. The molecule has 0 rings (SSSR count). The zero-order valence-electron chi connectivity index (χ0n) is 14.6. The second-order valence-electron chi connectivity index (χ2n) is 5.11. The van der Waals surface area contributed by atoms with Gasteiger partial charge in [-0.2, -0.15) is 0 Å². The fourth-order valence-corrected chi connectivity index (χ4v) is 2.11. The molecule has 0 aromatic rings. The molecule has 0 radical (unpaired) electrons. The molecular formula is C18H27O5P. The van der Waals surface area contributed by atoms with E-state index in [0.29, 0.717) is 12.8 Å². The number of carbonyl (C=O) groups is 2. The summed E-state index contributed by atoms with van der Waals surface area (Å²) in [5, 5.41) is 0. The fraction of sp³-hybridized carbons (Fsp3) is 0.667. The maximum Gasteiger partial charge on any atom is 0.319 e. The Morgan fingerprint density at radius 2 is 1.12 bits per heavy atom. The molecule has 0 amide bonds. The summed E-state index contributed by atoms with van der Waals surface area (Å²) in [6, 6.07) is 0. The van der Waals surface area contributed by atoms with E-state index >= 15 is 0 Å². The highest BCUT2D eigenvalue weighted by molar-refractivity contribution is 7.33. The lowest BCUT2D eigenvalue weighted by Crippen LogP contribution is -2.08. The van der Waals surface area contributed by atoms with Crippen LogP contribution in [-0.2, 0) is 23.2 Å². The van der Waals surface area contributed by atoms with E-state index < -0.39 is 8.25 Å². The molecule has 0 unspecified atom stereocenters. The first-order chi connectivity index (χ1) is 11.6. The molecule has 0 saturated heterocycles. The van der Waals surface area contributed by atoms with Crippen molar-refractivity contribution in [3.05, 3.63) is 0 Å². The van der Waals surface area contributed by atoms with Gasteiger partial charge in [0.15, 0.2) is 11.6 Å². The summed E-state index contributed by atoms with van der Waals surface area (Å²) in [6.45, 7) is 3.53. The summed E-state index contributed by atoms with van der Waals surface area (Å²) in [6.07, 6.45) is 5.11. The molecule has 0 spiro atoms. The minimum absolute atomic E-state index is 0.180. The molecule has 0 aliphatic heterocycles. The van der Waals surface area contributed by atoms with Crippen molar-refractivity contribution in [1.29, 1.82) is 0 Å². The van der Waals surface area contributed by atoms with Gasteiger partial charge in [-0.3, -0.25) is 14.2 Å². The second-order valence-corrected chi connectivity index (χ2v) is 6.19. The summed E-state index contributed by atoms with van der Waals surface area (Å²) in [5.74, 6) is 11.3. The lowest BCUT2D eigenvalue weighted by molar-refractivity contribution is -0.121. The third-order valence-electron chi connectivity index (χ3n) is 2.76. The molecule has 24 heavy (non-hydrogen) atoms. The Morgan fingerprint density at radius 1 is 0.750 bits per heavy atom. The van der Waals surface area contributed by atoms with Crippen LogP contribution in [0.3, 0.4) is 0 Å². The Hall–Kier alpha value is -1.39. The van der Waals surface area contributed by atoms with E-state index in [1.54, 1.807) is 0 Å². The molecule has 0 aromatic carbocycles. The van der Waals surface area contributed by atoms with Crippen LogP contribution in [0.4, 0.5) is 0 Å². The number of carbonyl (C=O) groups excluding carboxylic acids is 2. The van der Waals surface area contributed by atoms with E-state index in [-0.39, 0.29) is 37.6 Å². The average Bonchev–Trinajstić information content (AvgIpc) is 2.57. The summed E-state index contributed by atoms with van der Waals surface area (Å²) in [4.78, 5) is 23.0. The van der Waals surface area contributed by atoms with Gasteiger partial charge >= 0.3 is 8.25 Å². The first-order valence-corrected chi connectivity index (χ1v) is 9.57. The summed E-state index contributed by atoms with van der Waals surface area (Å²) >= 11 is 0. The third kappa shape index (κ3) is 15.5. The van der Waals surface area contributed by atoms with Crippen LogP contribution in [0.2, 0.25) is 0 Å². The van der Waals surface area contributed by atoms with Crippen LogP contribution >= 0.6 is 8.25 Å². The van der Waals surface area contributed by atoms with Crippen molar-refractivity contribution in [2.24, 2.45) is 0 Å². The largest absolute Gasteiger partial charge is 0.319 e. The van der Waals surface area contributed by atoms with Gasteiger partial charge in [0.25, 0.3) is 0 Å². The Labute approximate surface area is 145 Å². The number of rotatable bonds is 12. The van der Waals surface area contributed by atoms with Crippen LogP contribution in [0.25, 0.3) is 0 Å². The van der Waals surface area contributed by atoms with Crippen molar-refractivity contribution < 1.29 is 23.2 Å². The number of hydrogen-bond donors (Lipinski definition) is 0. The van der Waals surface area contributed by atoms with Gasteiger partial charge in [0.2, 0.25) is 0 Å². The molecule has 0 fully saturated rings. The van der Waals surface area contributed by atoms with Crippen LogP contribution in [0.15, 0.2) is 0 Å². The van der Waals surface area contributed by atoms with Gasteiger partial charge in [-0.1, -0.05) is 13.8 Å². The molecule has 0 bridgehead atoms. The average molecular weight is 354 g/mol. The highest BCUT2D eigenvalue weighted by Crippen LogP contribution is 2.23. The molecule has 5 nitrogen and oxygen atoms in total. The van der Waals surface area contributed by atoms with Crippen molar-refractivity contribution in [1.82, 2.24) is 0 Å². The molecule has 0 heterocycles. The third-order valence-corrected chi connectivity index (χ3v) is 3.52. The molecule has 6 heteroatoms. The van der Waals surface area contributed by atoms with Gasteiger partial charge in [0.1, 0.15) is 13.2 Å². The summed E-state index contributed by atoms with van der Waals surface area (Å²) in [5.41, 5.74) is 0. The second kappa shape index (κ2) is 16.5. The van der Waals surface area contributed by atoms with Crippen molar-refractivity contribution in [3.63, 3.8) is 0 Å². The Morgan fingerprint density at radius 3 is 1.50 bits per heavy atom. The molecule has 0 atom stereocenters. The topological polar surface area (TPSA) is 69.7 Å². The minimum Gasteiger partial charge on any atom is -0.303 e. The lowest BCUT2D eigenvalue weighted by Gasteiger charge is -2.04. The summed E-state index contributed by atoms with van der Waals surface area (Å²) < 4.78 is 21.1. The molecule has 0 aliphatic rings. The first-order valence-electron chi connectivity index (χ1n) is 8.34. The number of Topliss-reactive ketones (excluding diaryl/α,β-unsaturated/α-hetero) is 2. The quantitative estimate of drug-likeness (QED) is 0.395. The van der Waals surface area contributed by atoms with Gasteiger partial charge in [0.05, 0.1) is 0 Å². The zero-order chi connectivity index (χ0) is 18.0. The number of ketones is 2. The molecule has 0 aliphatic carbocycles. The van der Waals surface area contributed by atoms with E-state index in [0.717, 1.165) is 25.7 Å². The number of hydrogen-bond acceptors (Lipinski definition) is 5. The Balaban J connectivity index is 3.72. The van der Waals surface area contributed by atoms with E-state index in [1.807, 2.05) is 13.8 Å². The smallest absolute Gasteiger partial charge is 0.303 e. The van der Waals surface area contributed by atoms with Crippen LogP contribution in [0.1, 0.15) is 65.2 Å². The van der Waals surface area contributed by atoms with Gasteiger partial charge in [-0.25, -0.2) is 0 Å². The van der Waals surface area contributed by atoms with Crippen molar-refractivity contribution in [2.75, 3.05) is 13.2 Å². The maximum absolute atomic E-state index is 11.5. The molecule has 0 saturated carbocycles. The molecule has 0 aromatic heterocycles. The molecular weight excluding hydrogens is 327 g/mol. The van der Waals surface area contributed by atoms with Crippen LogP contribution in [-0.4, -0.2) is 24.8 Å². The molecule has 134 valence electrons. The van der Waals surface area contributed by atoms with E-state index in [4.69, 9.17) is 9.05 Å². The van der Waals surface area contributed by atoms with Crippen molar-refractivity contribution in [2.45, 2.75) is 65.2 Å². The van der Waals surface area contributed by atoms with Crippen molar-refractivity contribution in [3.8, 4) is 23.7 Å². The Bertz CT molecular complexity index is 473. The minimum atomic E-state index is -2.82. The SMILES string of the molecule is CCCC#CCCC(=O)CO[PH](=O)OCC(=O)CCC#CCCC. The van der Waals surface area contributed by atoms with Crippen LogP contribution in [0.5, 0.6) is 0 Å². The van der Waals surface area contributed by atoms with Gasteiger partial charge < -0.3 is 9.05 Å². The van der Waals surface area contributed by atoms with E-state index in [1.165, 1.54) is 0 Å². The standard InChI is InChI=1S/C18H27O5P/c1-3-5-7-9-11-13-17(19)15-22-24(21)23-16-18(20)14-12-10-8-6-4-2/h24H,3-6,11-16H2,1-2H3.